The third kappa shape index (κ3) is 3.55. The molecule has 1 aliphatic carbocycles. The van der Waals surface area contributed by atoms with Crippen LogP contribution in [0.3, 0.4) is 0 Å². The minimum atomic E-state index is -0.318. The van der Waals surface area contributed by atoms with Gasteiger partial charge >= 0.3 is 5.97 Å². The van der Waals surface area contributed by atoms with Crippen LogP contribution in [0.4, 0.5) is 5.82 Å². The number of ether oxygens (including phenoxy) is 1. The Bertz CT molecular complexity index is 986. The molecule has 6 heteroatoms. The average molecular weight is 412 g/mol. The average Bonchev–Trinajstić information content (AvgIpc) is 3.50. The second-order valence-electron chi connectivity index (χ2n) is 6.39. The first-order valence-electron chi connectivity index (χ1n) is 8.52. The number of anilines is 1. The number of methoxy groups -OCH3 is 1. The van der Waals surface area contributed by atoms with Crippen molar-refractivity contribution in [2.24, 2.45) is 0 Å². The molecule has 0 radical (unpaired) electrons. The van der Waals surface area contributed by atoms with Crippen molar-refractivity contribution in [1.29, 1.82) is 0 Å². The number of aromatic nitrogens is 2. The van der Waals surface area contributed by atoms with Crippen molar-refractivity contribution in [2.45, 2.75) is 25.3 Å². The standard InChI is InChI=1S/C20H18BrN3O2/c1-26-20(25)16-7-6-15(23-19(16)12-2-3-12)11-22-18-9-4-13-10-14(21)5-8-17(13)24-18/h4-10,12H,2-3,11H2,1H3,(H,22,24). The van der Waals surface area contributed by atoms with Crippen molar-refractivity contribution in [3.05, 3.63) is 63.9 Å². The molecule has 0 saturated heterocycles. The molecular weight excluding hydrogens is 394 g/mol. The number of hydrogen-bond acceptors (Lipinski definition) is 5. The van der Waals surface area contributed by atoms with E-state index in [-0.39, 0.29) is 5.97 Å². The first kappa shape index (κ1) is 17.0. The Kier molecular flexibility index (Phi) is 4.59. The van der Waals surface area contributed by atoms with Gasteiger partial charge in [0.25, 0.3) is 0 Å². The van der Waals surface area contributed by atoms with E-state index in [0.29, 0.717) is 18.0 Å². The second kappa shape index (κ2) is 7.03. The highest BCUT2D eigenvalue weighted by molar-refractivity contribution is 9.10. The van der Waals surface area contributed by atoms with Gasteiger partial charge in [0.2, 0.25) is 0 Å². The predicted octanol–water partition coefficient (Wildman–Crippen LogP) is 4.67. The molecule has 1 fully saturated rings. The molecule has 132 valence electrons. The molecule has 0 unspecified atom stereocenters. The third-order valence-electron chi connectivity index (χ3n) is 4.45. The first-order chi connectivity index (χ1) is 12.6. The van der Waals surface area contributed by atoms with E-state index in [1.54, 1.807) is 0 Å². The van der Waals surface area contributed by atoms with Gasteiger partial charge in [-0.1, -0.05) is 15.9 Å². The highest BCUT2D eigenvalue weighted by atomic mass is 79.9. The second-order valence-corrected chi connectivity index (χ2v) is 7.30. The van der Waals surface area contributed by atoms with Gasteiger partial charge in [-0.25, -0.2) is 9.78 Å². The van der Waals surface area contributed by atoms with Crippen molar-refractivity contribution >= 4 is 38.6 Å². The molecule has 1 N–H and O–H groups in total. The zero-order valence-electron chi connectivity index (χ0n) is 14.3. The molecule has 0 bridgehead atoms. The fourth-order valence-corrected chi connectivity index (χ4v) is 3.32. The van der Waals surface area contributed by atoms with Crippen molar-refractivity contribution in [3.8, 4) is 0 Å². The number of fused-ring (bicyclic) bond motifs is 1. The van der Waals surface area contributed by atoms with Crippen LogP contribution >= 0.6 is 15.9 Å². The smallest absolute Gasteiger partial charge is 0.339 e. The number of pyridine rings is 2. The molecule has 0 atom stereocenters. The quantitative estimate of drug-likeness (QED) is 0.618. The number of carbonyl (C=O) groups excluding carboxylic acids is 1. The highest BCUT2D eigenvalue weighted by Gasteiger charge is 2.30. The van der Waals surface area contributed by atoms with E-state index in [1.807, 2.05) is 42.5 Å². The summed E-state index contributed by atoms with van der Waals surface area (Å²) in [7, 11) is 1.40. The molecule has 1 aromatic carbocycles. The van der Waals surface area contributed by atoms with Crippen molar-refractivity contribution in [2.75, 3.05) is 12.4 Å². The van der Waals surface area contributed by atoms with E-state index < -0.39 is 0 Å². The number of benzene rings is 1. The van der Waals surface area contributed by atoms with Gasteiger partial charge in [0.05, 0.1) is 36.1 Å². The van der Waals surface area contributed by atoms with E-state index in [2.05, 4.69) is 26.2 Å². The number of hydrogen-bond donors (Lipinski definition) is 1. The number of rotatable bonds is 5. The normalized spacial score (nSPS) is 13.6. The lowest BCUT2D eigenvalue weighted by Crippen LogP contribution is -2.10. The molecule has 3 aromatic rings. The Morgan fingerprint density at radius 2 is 2.04 bits per heavy atom. The van der Waals surface area contributed by atoms with Gasteiger partial charge < -0.3 is 10.1 Å². The Labute approximate surface area is 159 Å². The van der Waals surface area contributed by atoms with Crippen LogP contribution in [0.1, 0.15) is 40.5 Å². The summed E-state index contributed by atoms with van der Waals surface area (Å²) in [6, 6.07) is 13.7. The number of nitrogens with one attached hydrogen (secondary N) is 1. The van der Waals surface area contributed by atoms with Gasteiger partial charge in [-0.15, -0.1) is 0 Å². The number of carbonyl (C=O) groups is 1. The van der Waals surface area contributed by atoms with Crippen LogP contribution in [0.25, 0.3) is 10.9 Å². The monoisotopic (exact) mass is 411 g/mol. The fraction of sp³-hybridized carbons (Fsp3) is 0.250. The van der Waals surface area contributed by atoms with E-state index in [1.165, 1.54) is 7.11 Å². The van der Waals surface area contributed by atoms with Crippen LogP contribution in [-0.4, -0.2) is 23.0 Å². The van der Waals surface area contributed by atoms with Gasteiger partial charge in [0, 0.05) is 15.8 Å². The minimum absolute atomic E-state index is 0.318. The van der Waals surface area contributed by atoms with E-state index >= 15 is 0 Å². The molecule has 2 heterocycles. The molecule has 0 spiro atoms. The summed E-state index contributed by atoms with van der Waals surface area (Å²) < 4.78 is 5.90. The summed E-state index contributed by atoms with van der Waals surface area (Å²) in [6.45, 7) is 0.552. The molecule has 5 nitrogen and oxygen atoms in total. The van der Waals surface area contributed by atoms with Crippen LogP contribution in [-0.2, 0) is 11.3 Å². The molecule has 1 saturated carbocycles. The lowest BCUT2D eigenvalue weighted by Gasteiger charge is -2.10. The Balaban J connectivity index is 1.53. The molecule has 0 aliphatic heterocycles. The Hall–Kier alpha value is -2.47. The third-order valence-corrected chi connectivity index (χ3v) is 4.95. The molecular formula is C20H18BrN3O2. The van der Waals surface area contributed by atoms with Gasteiger partial charge in [0.15, 0.2) is 0 Å². The summed E-state index contributed by atoms with van der Waals surface area (Å²) >= 11 is 3.47. The van der Waals surface area contributed by atoms with Crippen LogP contribution in [0, 0.1) is 0 Å². The summed E-state index contributed by atoms with van der Waals surface area (Å²) in [4.78, 5) is 21.2. The van der Waals surface area contributed by atoms with Gasteiger partial charge in [0.1, 0.15) is 5.82 Å². The molecule has 2 aromatic heterocycles. The Morgan fingerprint density at radius 1 is 1.19 bits per heavy atom. The molecule has 26 heavy (non-hydrogen) atoms. The first-order valence-corrected chi connectivity index (χ1v) is 9.31. The molecule has 4 rings (SSSR count). The van der Waals surface area contributed by atoms with E-state index in [0.717, 1.165) is 45.4 Å². The Morgan fingerprint density at radius 3 is 2.81 bits per heavy atom. The maximum absolute atomic E-state index is 11.9. The largest absolute Gasteiger partial charge is 0.465 e. The zero-order chi connectivity index (χ0) is 18.1. The van der Waals surface area contributed by atoms with Crippen molar-refractivity contribution in [1.82, 2.24) is 9.97 Å². The fourth-order valence-electron chi connectivity index (χ4n) is 2.94. The number of halogens is 1. The van der Waals surface area contributed by atoms with Crippen molar-refractivity contribution in [3.63, 3.8) is 0 Å². The maximum atomic E-state index is 11.9. The summed E-state index contributed by atoms with van der Waals surface area (Å²) in [5.74, 6) is 0.856. The lowest BCUT2D eigenvalue weighted by molar-refractivity contribution is 0.0598. The van der Waals surface area contributed by atoms with Crippen LogP contribution in [0.5, 0.6) is 0 Å². The van der Waals surface area contributed by atoms with E-state index in [9.17, 15) is 4.79 Å². The van der Waals surface area contributed by atoms with Gasteiger partial charge in [-0.05, 0) is 55.3 Å². The number of nitrogens with zero attached hydrogens (tertiary/aromatic N) is 2. The SMILES string of the molecule is COC(=O)c1ccc(CNc2ccc3cc(Br)ccc3n2)nc1C1CC1. The van der Waals surface area contributed by atoms with Gasteiger partial charge in [-0.2, -0.15) is 0 Å². The van der Waals surface area contributed by atoms with Crippen LogP contribution in [0.2, 0.25) is 0 Å². The van der Waals surface area contributed by atoms with Crippen LogP contribution < -0.4 is 5.32 Å². The van der Waals surface area contributed by atoms with Crippen LogP contribution in [0.15, 0.2) is 46.9 Å². The predicted molar refractivity (Wildman–Crippen MR) is 104 cm³/mol. The topological polar surface area (TPSA) is 64.1 Å². The summed E-state index contributed by atoms with van der Waals surface area (Å²) in [5, 5.41) is 4.40. The summed E-state index contributed by atoms with van der Waals surface area (Å²) in [5.41, 5.74) is 3.25. The zero-order valence-corrected chi connectivity index (χ0v) is 15.9. The molecule has 0 amide bonds. The van der Waals surface area contributed by atoms with Crippen molar-refractivity contribution < 1.29 is 9.53 Å². The number of esters is 1. The minimum Gasteiger partial charge on any atom is -0.465 e. The maximum Gasteiger partial charge on any atom is 0.339 e. The highest BCUT2D eigenvalue weighted by Crippen LogP contribution is 2.40. The molecule has 1 aliphatic rings. The van der Waals surface area contributed by atoms with Gasteiger partial charge in [-0.3, -0.25) is 4.98 Å². The lowest BCUT2D eigenvalue weighted by atomic mass is 10.1. The summed E-state index contributed by atoms with van der Waals surface area (Å²) in [6.07, 6.45) is 2.16. The van der Waals surface area contributed by atoms with E-state index in [4.69, 9.17) is 9.72 Å².